The second kappa shape index (κ2) is 7.17. The van der Waals surface area contributed by atoms with E-state index in [1.807, 2.05) is 43.3 Å². The van der Waals surface area contributed by atoms with Gasteiger partial charge in [-0.3, -0.25) is 14.2 Å². The molecule has 0 aliphatic carbocycles. The molecule has 128 valence electrons. The van der Waals surface area contributed by atoms with Crippen LogP contribution in [0.2, 0.25) is 0 Å². The molecule has 3 aromatic rings. The second-order valence-corrected chi connectivity index (χ2v) is 5.77. The molecule has 6 heteroatoms. The van der Waals surface area contributed by atoms with Crippen LogP contribution in [-0.2, 0) is 17.9 Å². The van der Waals surface area contributed by atoms with Gasteiger partial charge in [-0.1, -0.05) is 24.3 Å². The molecule has 6 nitrogen and oxygen atoms in total. The zero-order valence-corrected chi connectivity index (χ0v) is 14.2. The normalized spacial score (nSPS) is 10.6. The van der Waals surface area contributed by atoms with E-state index < -0.39 is 0 Å². The number of hydrogen-bond acceptors (Lipinski definition) is 4. The summed E-state index contributed by atoms with van der Waals surface area (Å²) in [6.07, 6.45) is 1.42. The molecule has 1 N–H and O–H groups in total. The maximum atomic E-state index is 12.5. The molecular formula is C19H19N3O3. The van der Waals surface area contributed by atoms with Gasteiger partial charge >= 0.3 is 0 Å². The maximum Gasteiger partial charge on any atom is 0.261 e. The molecule has 0 aliphatic heterocycles. The van der Waals surface area contributed by atoms with E-state index in [2.05, 4.69) is 10.3 Å². The van der Waals surface area contributed by atoms with Gasteiger partial charge in [0.2, 0.25) is 5.91 Å². The van der Waals surface area contributed by atoms with Crippen molar-refractivity contribution in [2.75, 3.05) is 7.11 Å². The van der Waals surface area contributed by atoms with Crippen molar-refractivity contribution >= 4 is 16.8 Å². The van der Waals surface area contributed by atoms with Crippen LogP contribution in [0, 0.1) is 6.92 Å². The number of hydrogen-bond donors (Lipinski definition) is 1. The number of fused-ring (bicyclic) bond motifs is 1. The zero-order valence-electron chi connectivity index (χ0n) is 14.2. The van der Waals surface area contributed by atoms with Gasteiger partial charge in [0, 0.05) is 6.54 Å². The van der Waals surface area contributed by atoms with Crippen LogP contribution >= 0.6 is 0 Å². The average Bonchev–Trinajstić information content (AvgIpc) is 2.63. The Balaban J connectivity index is 1.69. The van der Waals surface area contributed by atoms with Gasteiger partial charge in [-0.05, 0) is 36.2 Å². The lowest BCUT2D eigenvalue weighted by atomic mass is 10.1. The summed E-state index contributed by atoms with van der Waals surface area (Å²) in [5.74, 6) is 0.519. The number of aryl methyl sites for hydroxylation is 1. The molecular weight excluding hydrogens is 318 g/mol. The van der Waals surface area contributed by atoms with E-state index in [9.17, 15) is 9.59 Å². The monoisotopic (exact) mass is 337 g/mol. The number of para-hydroxylation sites is 1. The van der Waals surface area contributed by atoms with E-state index in [0.29, 0.717) is 17.4 Å². The minimum atomic E-state index is -0.244. The molecule has 0 fully saturated rings. The van der Waals surface area contributed by atoms with Crippen molar-refractivity contribution in [3.8, 4) is 5.75 Å². The number of ether oxygens (including phenoxy) is 1. The van der Waals surface area contributed by atoms with Crippen LogP contribution in [0.1, 0.15) is 11.1 Å². The molecule has 0 spiro atoms. The van der Waals surface area contributed by atoms with Crippen LogP contribution in [-0.4, -0.2) is 22.6 Å². The molecule has 0 aliphatic rings. The highest BCUT2D eigenvalue weighted by atomic mass is 16.5. The molecule has 0 atom stereocenters. The van der Waals surface area contributed by atoms with E-state index in [1.165, 1.54) is 10.9 Å². The second-order valence-electron chi connectivity index (χ2n) is 5.77. The molecule has 2 aromatic carbocycles. The SMILES string of the molecule is COc1ccc(CNC(=O)Cn2cnc3c(C)cccc3c2=O)cc1. The number of amides is 1. The summed E-state index contributed by atoms with van der Waals surface area (Å²) in [7, 11) is 1.60. The largest absolute Gasteiger partial charge is 0.497 e. The van der Waals surface area contributed by atoms with Crippen molar-refractivity contribution in [2.24, 2.45) is 0 Å². The molecule has 1 heterocycles. The Bertz CT molecular complexity index is 962. The lowest BCUT2D eigenvalue weighted by molar-refractivity contribution is -0.121. The Morgan fingerprint density at radius 3 is 2.68 bits per heavy atom. The highest BCUT2D eigenvalue weighted by Crippen LogP contribution is 2.12. The van der Waals surface area contributed by atoms with Crippen molar-refractivity contribution in [3.63, 3.8) is 0 Å². The molecule has 3 rings (SSSR count). The first-order chi connectivity index (χ1) is 12.1. The third kappa shape index (κ3) is 3.68. The van der Waals surface area contributed by atoms with Gasteiger partial charge in [0.25, 0.3) is 5.56 Å². The van der Waals surface area contributed by atoms with E-state index in [0.717, 1.165) is 16.9 Å². The highest BCUT2D eigenvalue weighted by molar-refractivity contribution is 5.81. The molecule has 1 aromatic heterocycles. The quantitative estimate of drug-likeness (QED) is 0.773. The van der Waals surface area contributed by atoms with Crippen molar-refractivity contribution in [1.29, 1.82) is 0 Å². The van der Waals surface area contributed by atoms with E-state index >= 15 is 0 Å². The minimum absolute atomic E-state index is 0.0636. The van der Waals surface area contributed by atoms with Crippen molar-refractivity contribution < 1.29 is 9.53 Å². The summed E-state index contributed by atoms with van der Waals surface area (Å²) in [6, 6.07) is 12.9. The predicted molar refractivity (Wildman–Crippen MR) is 95.6 cm³/mol. The fourth-order valence-corrected chi connectivity index (χ4v) is 2.60. The first-order valence-corrected chi connectivity index (χ1v) is 7.93. The molecule has 0 unspecified atom stereocenters. The van der Waals surface area contributed by atoms with Gasteiger partial charge in [0.05, 0.1) is 24.3 Å². The van der Waals surface area contributed by atoms with E-state index in [1.54, 1.807) is 13.2 Å². The van der Waals surface area contributed by atoms with Gasteiger partial charge in [-0.2, -0.15) is 0 Å². The van der Waals surface area contributed by atoms with Crippen molar-refractivity contribution in [3.05, 3.63) is 70.3 Å². The molecule has 0 saturated carbocycles. The first-order valence-electron chi connectivity index (χ1n) is 7.93. The number of methoxy groups -OCH3 is 1. The van der Waals surface area contributed by atoms with Gasteiger partial charge < -0.3 is 10.1 Å². The number of carbonyl (C=O) groups excluding carboxylic acids is 1. The number of benzene rings is 2. The number of nitrogens with zero attached hydrogens (tertiary/aromatic N) is 2. The van der Waals surface area contributed by atoms with Crippen LogP contribution in [0.25, 0.3) is 10.9 Å². The Morgan fingerprint density at radius 2 is 1.96 bits per heavy atom. The maximum absolute atomic E-state index is 12.5. The van der Waals surface area contributed by atoms with Crippen molar-refractivity contribution in [2.45, 2.75) is 20.0 Å². The van der Waals surface area contributed by atoms with Crippen LogP contribution in [0.4, 0.5) is 0 Å². The summed E-state index contributed by atoms with van der Waals surface area (Å²) in [4.78, 5) is 28.9. The zero-order chi connectivity index (χ0) is 17.8. The highest BCUT2D eigenvalue weighted by Gasteiger charge is 2.09. The predicted octanol–water partition coefficient (Wildman–Crippen LogP) is 2.03. The van der Waals surface area contributed by atoms with Gasteiger partial charge in [-0.15, -0.1) is 0 Å². The summed E-state index contributed by atoms with van der Waals surface area (Å²) in [5.41, 5.74) is 2.34. The summed E-state index contributed by atoms with van der Waals surface area (Å²) in [5, 5.41) is 3.32. The Morgan fingerprint density at radius 1 is 1.20 bits per heavy atom. The molecule has 1 amide bonds. The Labute approximate surface area is 145 Å². The van der Waals surface area contributed by atoms with Crippen molar-refractivity contribution in [1.82, 2.24) is 14.9 Å². The van der Waals surface area contributed by atoms with Crippen LogP contribution in [0.5, 0.6) is 5.75 Å². The fraction of sp³-hybridized carbons (Fsp3) is 0.211. The van der Waals surface area contributed by atoms with Crippen LogP contribution in [0.15, 0.2) is 53.6 Å². The smallest absolute Gasteiger partial charge is 0.261 e. The third-order valence-corrected chi connectivity index (χ3v) is 4.02. The number of rotatable bonds is 5. The summed E-state index contributed by atoms with van der Waals surface area (Å²) >= 11 is 0. The lowest BCUT2D eigenvalue weighted by Crippen LogP contribution is -2.32. The van der Waals surface area contributed by atoms with Gasteiger partial charge in [-0.25, -0.2) is 4.98 Å². The lowest BCUT2D eigenvalue weighted by Gasteiger charge is -2.09. The molecule has 0 saturated heterocycles. The Hall–Kier alpha value is -3.15. The standard InChI is InChI=1S/C19H19N3O3/c1-13-4-3-5-16-18(13)21-12-22(19(16)24)11-17(23)20-10-14-6-8-15(25-2)9-7-14/h3-9,12H,10-11H2,1-2H3,(H,20,23). The first kappa shape index (κ1) is 16.7. The molecule has 0 radical (unpaired) electrons. The third-order valence-electron chi connectivity index (χ3n) is 4.02. The van der Waals surface area contributed by atoms with E-state index in [4.69, 9.17) is 4.74 Å². The average molecular weight is 337 g/mol. The van der Waals surface area contributed by atoms with Crippen LogP contribution in [0.3, 0.4) is 0 Å². The number of aromatic nitrogens is 2. The summed E-state index contributed by atoms with van der Waals surface area (Å²) in [6.45, 7) is 2.23. The molecule has 0 bridgehead atoms. The van der Waals surface area contributed by atoms with Crippen LogP contribution < -0.4 is 15.6 Å². The molecule has 25 heavy (non-hydrogen) atoms. The minimum Gasteiger partial charge on any atom is -0.497 e. The van der Waals surface area contributed by atoms with Gasteiger partial charge in [0.1, 0.15) is 12.3 Å². The summed E-state index contributed by atoms with van der Waals surface area (Å²) < 4.78 is 6.42. The topological polar surface area (TPSA) is 73.2 Å². The number of nitrogens with one attached hydrogen (secondary N) is 1. The number of carbonyl (C=O) groups is 1. The van der Waals surface area contributed by atoms with Gasteiger partial charge in [0.15, 0.2) is 0 Å². The Kier molecular flexibility index (Phi) is 4.79. The fourth-order valence-electron chi connectivity index (χ4n) is 2.60. The van der Waals surface area contributed by atoms with E-state index in [-0.39, 0.29) is 18.0 Å².